The van der Waals surface area contributed by atoms with Crippen LogP contribution >= 0.6 is 0 Å². The molecule has 0 N–H and O–H groups in total. The van der Waals surface area contributed by atoms with Crippen LogP contribution in [0.1, 0.15) is 0 Å². The molecule has 4 aromatic heterocycles. The lowest BCUT2D eigenvalue weighted by molar-refractivity contribution is 1.17. The molecule has 0 bridgehead atoms. The molecule has 0 fully saturated rings. The molecule has 4 heterocycles. The lowest BCUT2D eigenvalue weighted by Crippen LogP contribution is -1.95. The van der Waals surface area contributed by atoms with Gasteiger partial charge in [0.1, 0.15) is 0 Å². The molecule has 0 aliphatic carbocycles. The minimum atomic E-state index is 0.851. The molecular formula is C37H24N4. The van der Waals surface area contributed by atoms with Crippen LogP contribution in [0.15, 0.2) is 146 Å². The van der Waals surface area contributed by atoms with Crippen molar-refractivity contribution in [1.29, 1.82) is 0 Å². The molecule has 0 aliphatic rings. The fourth-order valence-corrected chi connectivity index (χ4v) is 5.79. The highest BCUT2D eigenvalue weighted by atomic mass is 15.0. The summed E-state index contributed by atoms with van der Waals surface area (Å²) in [6.07, 6.45) is 3.80. The molecule has 0 saturated heterocycles. The summed E-state index contributed by atoms with van der Waals surface area (Å²) < 4.78 is 2.29. The number of hydrogen-bond donors (Lipinski definition) is 0. The maximum Gasteiger partial charge on any atom is 0.0893 e. The predicted molar refractivity (Wildman–Crippen MR) is 168 cm³/mol. The van der Waals surface area contributed by atoms with Gasteiger partial charge in [0.15, 0.2) is 0 Å². The van der Waals surface area contributed by atoms with E-state index in [9.17, 15) is 0 Å². The van der Waals surface area contributed by atoms with Crippen molar-refractivity contribution in [2.45, 2.75) is 0 Å². The van der Waals surface area contributed by atoms with E-state index in [1.807, 2.05) is 24.5 Å². The number of benzene rings is 4. The average Bonchev–Trinajstić information content (AvgIpc) is 3.39. The fourth-order valence-electron chi connectivity index (χ4n) is 5.79. The van der Waals surface area contributed by atoms with E-state index in [-0.39, 0.29) is 0 Å². The molecule has 8 aromatic rings. The molecule has 0 saturated carbocycles. The van der Waals surface area contributed by atoms with Crippen LogP contribution in [-0.2, 0) is 0 Å². The maximum absolute atomic E-state index is 5.03. The van der Waals surface area contributed by atoms with Gasteiger partial charge >= 0.3 is 0 Å². The van der Waals surface area contributed by atoms with Crippen molar-refractivity contribution in [3.8, 4) is 39.6 Å². The van der Waals surface area contributed by atoms with Crippen LogP contribution in [-0.4, -0.2) is 19.5 Å². The van der Waals surface area contributed by atoms with Crippen molar-refractivity contribution in [3.05, 3.63) is 146 Å². The van der Waals surface area contributed by atoms with Gasteiger partial charge < -0.3 is 4.57 Å². The van der Waals surface area contributed by atoms with Crippen molar-refractivity contribution in [2.24, 2.45) is 0 Å². The second-order valence-corrected chi connectivity index (χ2v) is 10.1. The Morgan fingerprint density at radius 3 is 1.93 bits per heavy atom. The highest BCUT2D eigenvalue weighted by Crippen LogP contribution is 2.33. The van der Waals surface area contributed by atoms with Crippen molar-refractivity contribution in [1.82, 2.24) is 19.5 Å². The first-order valence-electron chi connectivity index (χ1n) is 13.7. The lowest BCUT2D eigenvalue weighted by Gasteiger charge is -2.10. The van der Waals surface area contributed by atoms with Gasteiger partial charge in [-0.3, -0.25) is 4.98 Å². The van der Waals surface area contributed by atoms with E-state index in [1.54, 1.807) is 0 Å². The summed E-state index contributed by atoms with van der Waals surface area (Å²) in [6.45, 7) is 0. The van der Waals surface area contributed by atoms with Gasteiger partial charge in [-0.25, -0.2) is 9.97 Å². The first-order chi connectivity index (χ1) is 20.3. The Hall–Kier alpha value is -5.61. The third-order valence-electron chi connectivity index (χ3n) is 7.72. The second-order valence-electron chi connectivity index (χ2n) is 10.1. The Morgan fingerprint density at radius 2 is 1.07 bits per heavy atom. The van der Waals surface area contributed by atoms with E-state index in [0.29, 0.717) is 0 Å². The van der Waals surface area contributed by atoms with Gasteiger partial charge in [0.05, 0.1) is 33.8 Å². The zero-order valence-corrected chi connectivity index (χ0v) is 22.1. The molecule has 192 valence electrons. The Bertz CT molecular complexity index is 2150. The Kier molecular flexibility index (Phi) is 5.42. The zero-order valence-electron chi connectivity index (χ0n) is 22.1. The minimum Gasteiger partial charge on any atom is -0.309 e. The number of fused-ring (bicyclic) bond motifs is 4. The van der Waals surface area contributed by atoms with Crippen LogP contribution in [0.3, 0.4) is 0 Å². The first-order valence-corrected chi connectivity index (χ1v) is 13.7. The van der Waals surface area contributed by atoms with Crippen molar-refractivity contribution >= 4 is 32.6 Å². The molecule has 0 amide bonds. The smallest absolute Gasteiger partial charge is 0.0893 e. The standard InChI is InChI=1S/C37H24N4/c1-2-10-28-25(8-1)9-5-12-29(28)33-14-7-16-35(40-33)34-15-6-13-32(39-34)26-18-20-27(21-19-26)41-36-17-4-3-11-30(36)31-24-38-23-22-37(31)41/h1-24H. The van der Waals surface area contributed by atoms with Gasteiger partial charge in [0.2, 0.25) is 0 Å². The third-order valence-corrected chi connectivity index (χ3v) is 7.72. The minimum absolute atomic E-state index is 0.851. The van der Waals surface area contributed by atoms with E-state index in [4.69, 9.17) is 9.97 Å². The molecule has 4 aromatic carbocycles. The number of nitrogens with zero attached hydrogens (tertiary/aromatic N) is 4. The van der Waals surface area contributed by atoms with Gasteiger partial charge in [0, 0.05) is 40.0 Å². The molecule has 41 heavy (non-hydrogen) atoms. The SMILES string of the molecule is c1cc(-c2ccc(-n3c4ccccc4c4cnccc43)cc2)nc(-c2cccc(-c3cccc4ccccc34)n2)c1. The van der Waals surface area contributed by atoms with Crippen LogP contribution in [0, 0.1) is 0 Å². The molecule has 0 atom stereocenters. The molecule has 4 nitrogen and oxygen atoms in total. The quantitative estimate of drug-likeness (QED) is 0.231. The predicted octanol–water partition coefficient (Wildman–Crippen LogP) is 9.12. The van der Waals surface area contributed by atoms with Crippen LogP contribution in [0.2, 0.25) is 0 Å². The van der Waals surface area contributed by atoms with E-state index >= 15 is 0 Å². The Balaban J connectivity index is 1.16. The van der Waals surface area contributed by atoms with Gasteiger partial charge in [0.25, 0.3) is 0 Å². The summed E-state index contributed by atoms with van der Waals surface area (Å²) >= 11 is 0. The summed E-state index contributed by atoms with van der Waals surface area (Å²) in [5.74, 6) is 0. The van der Waals surface area contributed by atoms with Gasteiger partial charge in [-0.2, -0.15) is 0 Å². The zero-order chi connectivity index (χ0) is 27.2. The molecule has 4 heteroatoms. The van der Waals surface area contributed by atoms with Crippen molar-refractivity contribution in [2.75, 3.05) is 0 Å². The highest BCUT2D eigenvalue weighted by Gasteiger charge is 2.13. The third kappa shape index (κ3) is 3.97. The maximum atomic E-state index is 5.03. The molecular weight excluding hydrogens is 500 g/mol. The van der Waals surface area contributed by atoms with Crippen LogP contribution in [0.25, 0.3) is 72.2 Å². The van der Waals surface area contributed by atoms with Crippen LogP contribution in [0.5, 0.6) is 0 Å². The topological polar surface area (TPSA) is 43.6 Å². The number of rotatable bonds is 4. The fraction of sp³-hybridized carbons (Fsp3) is 0. The highest BCUT2D eigenvalue weighted by molar-refractivity contribution is 6.08. The normalized spacial score (nSPS) is 11.4. The van der Waals surface area contributed by atoms with Crippen molar-refractivity contribution in [3.63, 3.8) is 0 Å². The van der Waals surface area contributed by atoms with E-state index in [0.717, 1.165) is 50.5 Å². The summed E-state index contributed by atoms with van der Waals surface area (Å²) in [4.78, 5) is 14.4. The number of hydrogen-bond acceptors (Lipinski definition) is 3. The average molecular weight is 525 g/mol. The van der Waals surface area contributed by atoms with Gasteiger partial charge in [-0.15, -0.1) is 0 Å². The van der Waals surface area contributed by atoms with Crippen molar-refractivity contribution < 1.29 is 0 Å². The molecule has 0 radical (unpaired) electrons. The number of pyridine rings is 3. The van der Waals surface area contributed by atoms with Crippen LogP contribution in [0.4, 0.5) is 0 Å². The van der Waals surface area contributed by atoms with E-state index < -0.39 is 0 Å². The number of para-hydroxylation sites is 1. The monoisotopic (exact) mass is 524 g/mol. The Morgan fingerprint density at radius 1 is 0.439 bits per heavy atom. The summed E-state index contributed by atoms with van der Waals surface area (Å²) in [5, 5.41) is 4.76. The van der Waals surface area contributed by atoms with Crippen LogP contribution < -0.4 is 0 Å². The first kappa shape index (κ1) is 23.3. The molecule has 0 spiro atoms. The number of aromatic nitrogens is 4. The molecule has 0 unspecified atom stereocenters. The second kappa shape index (κ2) is 9.54. The molecule has 0 aliphatic heterocycles. The largest absolute Gasteiger partial charge is 0.309 e. The van der Waals surface area contributed by atoms with Gasteiger partial charge in [-0.1, -0.05) is 84.9 Å². The van der Waals surface area contributed by atoms with Gasteiger partial charge in [-0.05, 0) is 59.3 Å². The molecule has 8 rings (SSSR count). The van der Waals surface area contributed by atoms with E-state index in [1.165, 1.54) is 21.7 Å². The van der Waals surface area contributed by atoms with E-state index in [2.05, 4.69) is 131 Å². The lowest BCUT2D eigenvalue weighted by atomic mass is 10.0. The Labute approximate surface area is 237 Å². The summed E-state index contributed by atoms with van der Waals surface area (Å²) in [5.41, 5.74) is 9.16. The summed E-state index contributed by atoms with van der Waals surface area (Å²) in [7, 11) is 0. The summed E-state index contributed by atoms with van der Waals surface area (Å²) in [6, 6.07) is 46.2.